The second kappa shape index (κ2) is 6.51. The Morgan fingerprint density at radius 1 is 1.41 bits per heavy atom. The third-order valence-electron chi connectivity index (χ3n) is 1.82. The van der Waals surface area contributed by atoms with Crippen molar-refractivity contribution in [1.29, 1.82) is 0 Å². The van der Waals surface area contributed by atoms with Gasteiger partial charge in [-0.15, -0.1) is 0 Å². The number of nitrogens with zero attached hydrogens (tertiary/aromatic N) is 2. The summed E-state index contributed by atoms with van der Waals surface area (Å²) in [5, 5.41) is 3.06. The van der Waals surface area contributed by atoms with Crippen LogP contribution < -0.4 is 5.32 Å². The van der Waals surface area contributed by atoms with Crippen LogP contribution >= 0.6 is 0 Å². The first-order valence-electron chi connectivity index (χ1n) is 5.17. The lowest BCUT2D eigenvalue weighted by Gasteiger charge is -2.07. The molecule has 7 heteroatoms. The van der Waals surface area contributed by atoms with Crippen LogP contribution in [0.15, 0.2) is 12.3 Å². The summed E-state index contributed by atoms with van der Waals surface area (Å²) in [7, 11) is 0. The van der Waals surface area contributed by atoms with Gasteiger partial charge in [-0.05, 0) is 12.6 Å². The van der Waals surface area contributed by atoms with E-state index in [0.717, 1.165) is 12.2 Å². The van der Waals surface area contributed by atoms with E-state index in [-0.39, 0.29) is 12.4 Å². The SMILES string of the molecule is CCNCc1ccnc(COCC(F)(F)F)n1. The van der Waals surface area contributed by atoms with E-state index in [9.17, 15) is 13.2 Å². The van der Waals surface area contributed by atoms with Crippen LogP contribution in [0.3, 0.4) is 0 Å². The minimum absolute atomic E-state index is 0.237. The molecule has 17 heavy (non-hydrogen) atoms. The number of alkyl halides is 3. The molecule has 0 saturated carbocycles. The molecule has 0 radical (unpaired) electrons. The molecule has 0 aliphatic heterocycles. The van der Waals surface area contributed by atoms with Crippen molar-refractivity contribution in [3.63, 3.8) is 0 Å². The predicted molar refractivity (Wildman–Crippen MR) is 55.1 cm³/mol. The molecule has 0 spiro atoms. The Kier molecular flexibility index (Phi) is 5.30. The monoisotopic (exact) mass is 249 g/mol. The van der Waals surface area contributed by atoms with Gasteiger partial charge in [0.1, 0.15) is 13.2 Å². The summed E-state index contributed by atoms with van der Waals surface area (Å²) in [6.45, 7) is 1.79. The summed E-state index contributed by atoms with van der Waals surface area (Å²) in [5.74, 6) is 0.254. The third kappa shape index (κ3) is 6.18. The average Bonchev–Trinajstić information content (AvgIpc) is 2.25. The molecule has 1 N–H and O–H groups in total. The lowest BCUT2D eigenvalue weighted by Crippen LogP contribution is -2.18. The van der Waals surface area contributed by atoms with E-state index < -0.39 is 12.8 Å². The Morgan fingerprint density at radius 2 is 2.18 bits per heavy atom. The van der Waals surface area contributed by atoms with E-state index in [1.54, 1.807) is 6.07 Å². The second-order valence-electron chi connectivity index (χ2n) is 3.35. The first kappa shape index (κ1) is 13.9. The van der Waals surface area contributed by atoms with E-state index in [2.05, 4.69) is 20.0 Å². The molecule has 1 aromatic heterocycles. The van der Waals surface area contributed by atoms with Gasteiger partial charge in [-0.1, -0.05) is 6.92 Å². The normalized spacial score (nSPS) is 11.8. The summed E-state index contributed by atoms with van der Waals surface area (Å²) in [5.41, 5.74) is 0.729. The molecule has 96 valence electrons. The fourth-order valence-corrected chi connectivity index (χ4v) is 1.12. The lowest BCUT2D eigenvalue weighted by molar-refractivity contribution is -0.177. The largest absolute Gasteiger partial charge is 0.411 e. The number of rotatable bonds is 6. The summed E-state index contributed by atoms with van der Waals surface area (Å²) in [6, 6.07) is 1.70. The smallest absolute Gasteiger partial charge is 0.364 e. The molecule has 0 aromatic carbocycles. The van der Waals surface area contributed by atoms with Gasteiger partial charge < -0.3 is 10.1 Å². The zero-order chi connectivity index (χ0) is 12.7. The zero-order valence-corrected chi connectivity index (χ0v) is 9.42. The summed E-state index contributed by atoms with van der Waals surface area (Å²) < 4.78 is 40.0. The highest BCUT2D eigenvalue weighted by atomic mass is 19.4. The van der Waals surface area contributed by atoms with Gasteiger partial charge in [0.05, 0.1) is 5.69 Å². The van der Waals surface area contributed by atoms with Gasteiger partial charge in [0.15, 0.2) is 5.82 Å². The van der Waals surface area contributed by atoms with Crippen molar-refractivity contribution in [3.8, 4) is 0 Å². The third-order valence-corrected chi connectivity index (χ3v) is 1.82. The molecule has 4 nitrogen and oxygen atoms in total. The molecule has 0 unspecified atom stereocenters. The molecular weight excluding hydrogens is 235 g/mol. The quantitative estimate of drug-likeness (QED) is 0.833. The summed E-state index contributed by atoms with van der Waals surface area (Å²) >= 11 is 0. The van der Waals surface area contributed by atoms with Gasteiger partial charge in [0, 0.05) is 12.7 Å². The lowest BCUT2D eigenvalue weighted by atomic mass is 10.4. The maximum atomic E-state index is 11.8. The fraction of sp³-hybridized carbons (Fsp3) is 0.600. The van der Waals surface area contributed by atoms with Gasteiger partial charge in [-0.3, -0.25) is 0 Å². The minimum atomic E-state index is -4.32. The van der Waals surface area contributed by atoms with Crippen LogP contribution in [0.25, 0.3) is 0 Å². The average molecular weight is 249 g/mol. The Balaban J connectivity index is 2.43. The highest BCUT2D eigenvalue weighted by Crippen LogP contribution is 2.14. The molecule has 0 bridgehead atoms. The standard InChI is InChI=1S/C10H14F3N3O/c1-2-14-5-8-3-4-15-9(16-8)6-17-7-10(11,12)13/h3-4,14H,2,5-7H2,1H3. The molecule has 1 heterocycles. The highest BCUT2D eigenvalue weighted by Gasteiger charge is 2.27. The molecular formula is C10H14F3N3O. The van der Waals surface area contributed by atoms with E-state index in [0.29, 0.717) is 6.54 Å². The Hall–Kier alpha value is -1.21. The predicted octanol–water partition coefficient (Wildman–Crippen LogP) is 1.67. The zero-order valence-electron chi connectivity index (χ0n) is 9.42. The van der Waals surface area contributed by atoms with Crippen LogP contribution in [0.1, 0.15) is 18.4 Å². The van der Waals surface area contributed by atoms with Crippen molar-refractivity contribution in [2.45, 2.75) is 26.3 Å². The topological polar surface area (TPSA) is 47.0 Å². The number of hydrogen-bond acceptors (Lipinski definition) is 4. The molecule has 0 saturated heterocycles. The van der Waals surface area contributed by atoms with Gasteiger partial charge in [-0.25, -0.2) is 9.97 Å². The number of aromatic nitrogens is 2. The van der Waals surface area contributed by atoms with E-state index in [1.165, 1.54) is 6.20 Å². The minimum Gasteiger partial charge on any atom is -0.364 e. The molecule has 0 fully saturated rings. The van der Waals surface area contributed by atoms with Crippen molar-refractivity contribution >= 4 is 0 Å². The maximum Gasteiger partial charge on any atom is 0.411 e. The van der Waals surface area contributed by atoms with Crippen LogP contribution in [0.5, 0.6) is 0 Å². The van der Waals surface area contributed by atoms with Gasteiger partial charge in [-0.2, -0.15) is 13.2 Å². The Bertz CT molecular complexity index is 344. The van der Waals surface area contributed by atoms with E-state index in [4.69, 9.17) is 0 Å². The van der Waals surface area contributed by atoms with Gasteiger partial charge in [0.25, 0.3) is 0 Å². The summed E-state index contributed by atoms with van der Waals surface area (Å²) in [6.07, 6.45) is -2.81. The molecule has 1 rings (SSSR count). The maximum absolute atomic E-state index is 11.8. The number of ether oxygens (including phenoxy) is 1. The molecule has 1 aromatic rings. The van der Waals surface area contributed by atoms with Gasteiger partial charge in [0.2, 0.25) is 0 Å². The van der Waals surface area contributed by atoms with Crippen molar-refractivity contribution in [1.82, 2.24) is 15.3 Å². The molecule has 0 aliphatic rings. The number of halogens is 3. The van der Waals surface area contributed by atoms with E-state index >= 15 is 0 Å². The second-order valence-corrected chi connectivity index (χ2v) is 3.35. The molecule has 0 atom stereocenters. The first-order valence-corrected chi connectivity index (χ1v) is 5.17. The van der Waals surface area contributed by atoms with Crippen LogP contribution in [0, 0.1) is 0 Å². The van der Waals surface area contributed by atoms with Crippen LogP contribution in [0.4, 0.5) is 13.2 Å². The Labute approximate surface area is 97.2 Å². The number of hydrogen-bond donors (Lipinski definition) is 1. The van der Waals surface area contributed by atoms with Crippen molar-refractivity contribution < 1.29 is 17.9 Å². The van der Waals surface area contributed by atoms with E-state index in [1.807, 2.05) is 6.92 Å². The number of nitrogens with one attached hydrogen (secondary N) is 1. The van der Waals surface area contributed by atoms with Crippen molar-refractivity contribution in [3.05, 3.63) is 23.8 Å². The van der Waals surface area contributed by atoms with Crippen molar-refractivity contribution in [2.75, 3.05) is 13.2 Å². The summed E-state index contributed by atoms with van der Waals surface area (Å²) in [4.78, 5) is 7.90. The van der Waals surface area contributed by atoms with Crippen LogP contribution in [0.2, 0.25) is 0 Å². The van der Waals surface area contributed by atoms with Crippen LogP contribution in [-0.2, 0) is 17.9 Å². The molecule has 0 amide bonds. The van der Waals surface area contributed by atoms with Crippen LogP contribution in [-0.4, -0.2) is 29.3 Å². The van der Waals surface area contributed by atoms with Gasteiger partial charge >= 0.3 is 6.18 Å². The molecule has 0 aliphatic carbocycles. The van der Waals surface area contributed by atoms with Crippen molar-refractivity contribution in [2.24, 2.45) is 0 Å². The first-order chi connectivity index (χ1) is 8.01. The Morgan fingerprint density at radius 3 is 2.82 bits per heavy atom. The highest BCUT2D eigenvalue weighted by molar-refractivity contribution is 5.01. The fourth-order valence-electron chi connectivity index (χ4n) is 1.12.